The average Bonchev–Trinajstić information content (AvgIpc) is 2.23. The third-order valence-electron chi connectivity index (χ3n) is 2.09. The van der Waals surface area contributed by atoms with Crippen LogP contribution in [-0.2, 0) is 0 Å². The zero-order valence-electron chi connectivity index (χ0n) is 7.80. The Labute approximate surface area is 88.0 Å². The molecule has 6 heteroatoms. The monoisotopic (exact) mass is 222 g/mol. The molecule has 0 aliphatic rings. The standard InChI is InChI=1S/C10H6O6/c11-6-2-1-4-3-5(9(13)14)10(15)16-8(4)7(6)12/h1-3,11-12H,(H,13,14). The second kappa shape index (κ2) is 3.27. The number of carbonyl (C=O) groups is 1. The lowest BCUT2D eigenvalue weighted by atomic mass is 10.1. The van der Waals surface area contributed by atoms with Crippen LogP contribution in [0.25, 0.3) is 11.0 Å². The van der Waals surface area contributed by atoms with Gasteiger partial charge >= 0.3 is 11.6 Å². The topological polar surface area (TPSA) is 108 Å². The van der Waals surface area contributed by atoms with E-state index in [4.69, 9.17) is 10.2 Å². The third-order valence-corrected chi connectivity index (χ3v) is 2.09. The van der Waals surface area contributed by atoms with Crippen molar-refractivity contribution in [1.82, 2.24) is 0 Å². The number of benzene rings is 1. The smallest absolute Gasteiger partial charge is 0.351 e. The molecule has 1 aromatic carbocycles. The molecule has 16 heavy (non-hydrogen) atoms. The highest BCUT2D eigenvalue weighted by Crippen LogP contribution is 2.32. The zero-order chi connectivity index (χ0) is 11.9. The van der Waals surface area contributed by atoms with E-state index < -0.39 is 28.7 Å². The Bertz CT molecular complexity index is 640. The van der Waals surface area contributed by atoms with Gasteiger partial charge in [-0.15, -0.1) is 0 Å². The molecule has 6 nitrogen and oxygen atoms in total. The van der Waals surface area contributed by atoms with Crippen molar-refractivity contribution in [2.24, 2.45) is 0 Å². The van der Waals surface area contributed by atoms with Crippen molar-refractivity contribution in [2.75, 3.05) is 0 Å². The molecule has 3 N–H and O–H groups in total. The van der Waals surface area contributed by atoms with Gasteiger partial charge in [-0.3, -0.25) is 0 Å². The first-order chi connectivity index (χ1) is 7.50. The predicted molar refractivity (Wildman–Crippen MR) is 52.8 cm³/mol. The van der Waals surface area contributed by atoms with Crippen LogP contribution >= 0.6 is 0 Å². The number of aromatic carboxylic acids is 1. The molecule has 0 bridgehead atoms. The summed E-state index contributed by atoms with van der Waals surface area (Å²) in [5, 5.41) is 27.4. The summed E-state index contributed by atoms with van der Waals surface area (Å²) in [7, 11) is 0. The minimum Gasteiger partial charge on any atom is -0.504 e. The highest BCUT2D eigenvalue weighted by atomic mass is 16.4. The largest absolute Gasteiger partial charge is 0.504 e. The van der Waals surface area contributed by atoms with Crippen molar-refractivity contribution in [1.29, 1.82) is 0 Å². The van der Waals surface area contributed by atoms with Crippen molar-refractivity contribution < 1.29 is 24.5 Å². The number of hydrogen-bond acceptors (Lipinski definition) is 5. The molecule has 0 spiro atoms. The predicted octanol–water partition coefficient (Wildman–Crippen LogP) is 0.902. The molecule has 2 rings (SSSR count). The maximum absolute atomic E-state index is 11.2. The van der Waals surface area contributed by atoms with Gasteiger partial charge in [-0.05, 0) is 18.2 Å². The lowest BCUT2D eigenvalue weighted by Gasteiger charge is -2.02. The summed E-state index contributed by atoms with van der Waals surface area (Å²) in [4.78, 5) is 21.8. The number of phenols is 2. The van der Waals surface area contributed by atoms with Crippen LogP contribution in [0, 0.1) is 0 Å². The molecule has 0 radical (unpaired) electrons. The summed E-state index contributed by atoms with van der Waals surface area (Å²) in [6, 6.07) is 3.58. The highest BCUT2D eigenvalue weighted by Gasteiger charge is 2.15. The number of phenolic OH excluding ortho intramolecular Hbond substituents is 2. The van der Waals surface area contributed by atoms with Crippen molar-refractivity contribution >= 4 is 16.9 Å². The Hall–Kier alpha value is -2.50. The molecule has 1 heterocycles. The van der Waals surface area contributed by atoms with Crippen LogP contribution in [0.15, 0.2) is 27.4 Å². The fraction of sp³-hybridized carbons (Fsp3) is 0. The molecule has 0 aliphatic heterocycles. The lowest BCUT2D eigenvalue weighted by molar-refractivity contribution is 0.0692. The molecular formula is C10H6O6. The lowest BCUT2D eigenvalue weighted by Crippen LogP contribution is -2.12. The Morgan fingerprint density at radius 2 is 1.94 bits per heavy atom. The van der Waals surface area contributed by atoms with Crippen LogP contribution in [-0.4, -0.2) is 21.3 Å². The van der Waals surface area contributed by atoms with Crippen molar-refractivity contribution in [3.63, 3.8) is 0 Å². The molecule has 82 valence electrons. The van der Waals surface area contributed by atoms with Gasteiger partial charge in [0.05, 0.1) is 0 Å². The van der Waals surface area contributed by atoms with Crippen LogP contribution in [0.2, 0.25) is 0 Å². The number of fused-ring (bicyclic) bond motifs is 1. The molecular weight excluding hydrogens is 216 g/mol. The van der Waals surface area contributed by atoms with Crippen LogP contribution in [0.3, 0.4) is 0 Å². The minimum absolute atomic E-state index is 0.215. The van der Waals surface area contributed by atoms with E-state index in [1.165, 1.54) is 12.1 Å². The highest BCUT2D eigenvalue weighted by molar-refractivity contribution is 5.93. The third kappa shape index (κ3) is 1.36. The molecule has 0 saturated carbocycles. The van der Waals surface area contributed by atoms with Crippen molar-refractivity contribution in [2.45, 2.75) is 0 Å². The van der Waals surface area contributed by atoms with Gasteiger partial charge < -0.3 is 19.7 Å². The van der Waals surface area contributed by atoms with E-state index >= 15 is 0 Å². The van der Waals surface area contributed by atoms with Gasteiger partial charge in [0.25, 0.3) is 0 Å². The fourth-order valence-corrected chi connectivity index (χ4v) is 1.31. The van der Waals surface area contributed by atoms with Gasteiger partial charge in [-0.25, -0.2) is 9.59 Å². The molecule has 0 aliphatic carbocycles. The molecule has 0 atom stereocenters. The van der Waals surface area contributed by atoms with Gasteiger partial charge in [-0.1, -0.05) is 0 Å². The van der Waals surface area contributed by atoms with Crippen molar-refractivity contribution in [3.05, 3.63) is 34.2 Å². The van der Waals surface area contributed by atoms with Gasteiger partial charge in [0.15, 0.2) is 11.3 Å². The summed E-state index contributed by atoms with van der Waals surface area (Å²) >= 11 is 0. The van der Waals surface area contributed by atoms with E-state index in [1.807, 2.05) is 0 Å². The fourth-order valence-electron chi connectivity index (χ4n) is 1.31. The van der Waals surface area contributed by atoms with E-state index in [2.05, 4.69) is 4.42 Å². The van der Waals surface area contributed by atoms with Gasteiger partial charge in [0.1, 0.15) is 5.56 Å². The summed E-state index contributed by atoms with van der Waals surface area (Å²) in [6.07, 6.45) is 0. The van der Waals surface area contributed by atoms with E-state index in [0.29, 0.717) is 0 Å². The molecule has 2 aromatic rings. The second-order valence-electron chi connectivity index (χ2n) is 3.10. The van der Waals surface area contributed by atoms with Crippen molar-refractivity contribution in [3.8, 4) is 11.5 Å². The summed E-state index contributed by atoms with van der Waals surface area (Å²) in [5.74, 6) is -2.45. The number of carboxylic acids is 1. The van der Waals surface area contributed by atoms with Gasteiger partial charge in [0.2, 0.25) is 5.75 Å². The molecule has 0 saturated heterocycles. The average molecular weight is 222 g/mol. The van der Waals surface area contributed by atoms with Gasteiger partial charge in [0, 0.05) is 5.39 Å². The van der Waals surface area contributed by atoms with Crippen LogP contribution in [0.5, 0.6) is 11.5 Å². The SMILES string of the molecule is O=C(O)c1cc2ccc(O)c(O)c2oc1=O. The summed E-state index contributed by atoms with van der Waals surface area (Å²) < 4.78 is 4.62. The first kappa shape index (κ1) is 10.0. The van der Waals surface area contributed by atoms with Crippen LogP contribution < -0.4 is 5.63 Å². The van der Waals surface area contributed by atoms with E-state index in [-0.39, 0.29) is 11.0 Å². The minimum atomic E-state index is -1.41. The number of hydrogen-bond donors (Lipinski definition) is 3. The first-order valence-electron chi connectivity index (χ1n) is 4.23. The number of rotatable bonds is 1. The molecule has 0 amide bonds. The summed E-state index contributed by atoms with van der Waals surface area (Å²) in [6.45, 7) is 0. The normalized spacial score (nSPS) is 10.5. The zero-order valence-corrected chi connectivity index (χ0v) is 7.80. The Kier molecular flexibility index (Phi) is 2.05. The van der Waals surface area contributed by atoms with E-state index in [1.54, 1.807) is 0 Å². The molecule has 0 unspecified atom stereocenters. The first-order valence-corrected chi connectivity index (χ1v) is 4.23. The maximum Gasteiger partial charge on any atom is 0.351 e. The Morgan fingerprint density at radius 3 is 2.56 bits per heavy atom. The number of aromatic hydroxyl groups is 2. The molecule has 1 aromatic heterocycles. The summed E-state index contributed by atoms with van der Waals surface area (Å²) in [5.41, 5.74) is -1.85. The Morgan fingerprint density at radius 1 is 1.25 bits per heavy atom. The van der Waals surface area contributed by atoms with Gasteiger partial charge in [-0.2, -0.15) is 0 Å². The quantitative estimate of drug-likeness (QED) is 0.488. The van der Waals surface area contributed by atoms with E-state index in [0.717, 1.165) is 6.07 Å². The van der Waals surface area contributed by atoms with Crippen LogP contribution in [0.1, 0.15) is 10.4 Å². The maximum atomic E-state index is 11.2. The Balaban J connectivity index is 2.89. The van der Waals surface area contributed by atoms with E-state index in [9.17, 15) is 14.7 Å². The molecule has 0 fully saturated rings. The van der Waals surface area contributed by atoms with Crippen LogP contribution in [0.4, 0.5) is 0 Å². The number of carboxylic acid groups (broad SMARTS) is 1. The second-order valence-corrected chi connectivity index (χ2v) is 3.10.